The van der Waals surface area contributed by atoms with Crippen molar-refractivity contribution in [2.24, 2.45) is 16.6 Å². The molecule has 1 unspecified atom stereocenters. The summed E-state index contributed by atoms with van der Waals surface area (Å²) in [6.07, 6.45) is 7.10. The molecule has 1 aliphatic carbocycles. The number of rotatable bonds is 3. The second kappa shape index (κ2) is 5.24. The molecule has 7 nitrogen and oxygen atoms in total. The summed E-state index contributed by atoms with van der Waals surface area (Å²) in [6, 6.07) is 0. The van der Waals surface area contributed by atoms with E-state index in [1.807, 2.05) is 23.9 Å². The summed E-state index contributed by atoms with van der Waals surface area (Å²) >= 11 is 0. The third-order valence-electron chi connectivity index (χ3n) is 4.55. The van der Waals surface area contributed by atoms with Gasteiger partial charge in [-0.2, -0.15) is 5.10 Å². The molecule has 0 fully saturated rings. The van der Waals surface area contributed by atoms with Crippen LogP contribution in [-0.4, -0.2) is 46.2 Å². The van der Waals surface area contributed by atoms with Gasteiger partial charge < -0.3 is 10.5 Å². The van der Waals surface area contributed by atoms with Crippen molar-refractivity contribution in [1.29, 1.82) is 0 Å². The zero-order valence-electron chi connectivity index (χ0n) is 13.1. The fourth-order valence-corrected chi connectivity index (χ4v) is 3.09. The quantitative estimate of drug-likeness (QED) is 0.886. The van der Waals surface area contributed by atoms with Gasteiger partial charge in [0.1, 0.15) is 6.73 Å². The van der Waals surface area contributed by atoms with Crippen LogP contribution in [0.1, 0.15) is 24.6 Å². The Kier molecular flexibility index (Phi) is 3.52. The Balaban J connectivity index is 1.91. The number of nitrogens with two attached hydrogens (primary N) is 1. The van der Waals surface area contributed by atoms with Crippen molar-refractivity contribution < 1.29 is 9.53 Å². The van der Waals surface area contributed by atoms with Crippen molar-refractivity contribution in [2.75, 3.05) is 14.2 Å². The third kappa shape index (κ3) is 2.31. The molecule has 0 spiro atoms. The van der Waals surface area contributed by atoms with E-state index in [0.29, 0.717) is 13.2 Å². The van der Waals surface area contributed by atoms with Gasteiger partial charge >= 0.3 is 0 Å². The number of ether oxygens (including phenoxy) is 1. The molecule has 0 saturated carbocycles. The van der Waals surface area contributed by atoms with Gasteiger partial charge in [0.15, 0.2) is 5.96 Å². The van der Waals surface area contributed by atoms with Crippen LogP contribution in [0.15, 0.2) is 17.3 Å². The van der Waals surface area contributed by atoms with Gasteiger partial charge in [-0.05, 0) is 13.3 Å². The van der Waals surface area contributed by atoms with Gasteiger partial charge in [-0.3, -0.25) is 9.69 Å². The fraction of sp³-hybridized carbons (Fsp3) is 0.533. The zero-order valence-corrected chi connectivity index (χ0v) is 13.1. The van der Waals surface area contributed by atoms with Crippen LogP contribution in [0.2, 0.25) is 0 Å². The van der Waals surface area contributed by atoms with Gasteiger partial charge in [0.2, 0.25) is 5.91 Å². The lowest BCUT2D eigenvalue weighted by atomic mass is 9.76. The fourth-order valence-electron chi connectivity index (χ4n) is 3.09. The van der Waals surface area contributed by atoms with Gasteiger partial charge in [-0.1, -0.05) is 12.2 Å². The maximum Gasteiger partial charge on any atom is 0.231 e. The number of guanidine groups is 1. The van der Waals surface area contributed by atoms with E-state index in [1.165, 1.54) is 4.90 Å². The predicted molar refractivity (Wildman–Crippen MR) is 82.9 cm³/mol. The molecule has 1 amide bonds. The Morgan fingerprint density at radius 2 is 2.32 bits per heavy atom. The minimum Gasteiger partial charge on any atom is -0.369 e. The van der Waals surface area contributed by atoms with Crippen molar-refractivity contribution in [3.8, 4) is 0 Å². The number of carbonyl (C=O) groups is 1. The lowest BCUT2D eigenvalue weighted by molar-refractivity contribution is -0.128. The molecule has 2 aliphatic rings. The highest BCUT2D eigenvalue weighted by molar-refractivity contribution is 5.98. The van der Waals surface area contributed by atoms with Gasteiger partial charge in [-0.25, -0.2) is 9.67 Å². The Labute approximate surface area is 129 Å². The smallest absolute Gasteiger partial charge is 0.231 e. The Morgan fingerprint density at radius 3 is 3.00 bits per heavy atom. The molecule has 1 aromatic heterocycles. The van der Waals surface area contributed by atoms with Crippen molar-refractivity contribution in [1.82, 2.24) is 14.7 Å². The zero-order chi connectivity index (χ0) is 15.9. The Morgan fingerprint density at radius 1 is 1.55 bits per heavy atom. The van der Waals surface area contributed by atoms with E-state index in [-0.39, 0.29) is 17.8 Å². The van der Waals surface area contributed by atoms with Crippen molar-refractivity contribution in [3.05, 3.63) is 23.5 Å². The first kappa shape index (κ1) is 14.8. The molecule has 2 atom stereocenters. The molecular formula is C15H21N5O2. The molecule has 22 heavy (non-hydrogen) atoms. The molecule has 0 saturated heterocycles. The number of hydrogen-bond donors (Lipinski definition) is 1. The molecule has 7 heteroatoms. The first-order valence-electron chi connectivity index (χ1n) is 7.28. The van der Waals surface area contributed by atoms with Crippen LogP contribution in [0.3, 0.4) is 0 Å². The molecule has 0 bridgehead atoms. The first-order valence-corrected chi connectivity index (χ1v) is 7.28. The molecule has 0 radical (unpaired) electrons. The molecule has 1 aliphatic heterocycles. The van der Waals surface area contributed by atoms with Crippen LogP contribution in [-0.2, 0) is 22.7 Å². The minimum absolute atomic E-state index is 0.000374. The summed E-state index contributed by atoms with van der Waals surface area (Å²) in [5.41, 5.74) is 7.57. The Hall–Kier alpha value is -2.15. The van der Waals surface area contributed by atoms with Crippen molar-refractivity contribution in [3.63, 3.8) is 0 Å². The number of aromatic nitrogens is 2. The average molecular weight is 303 g/mol. The topological polar surface area (TPSA) is 85.7 Å². The van der Waals surface area contributed by atoms with Crippen LogP contribution in [0.4, 0.5) is 0 Å². The van der Waals surface area contributed by atoms with E-state index in [4.69, 9.17) is 10.5 Å². The van der Waals surface area contributed by atoms with Crippen LogP contribution in [0.5, 0.6) is 0 Å². The van der Waals surface area contributed by atoms with Gasteiger partial charge in [0.05, 0.1) is 18.2 Å². The van der Waals surface area contributed by atoms with Crippen LogP contribution in [0.25, 0.3) is 6.08 Å². The summed E-state index contributed by atoms with van der Waals surface area (Å²) in [6.45, 7) is 2.40. The number of methoxy groups -OCH3 is 1. The lowest BCUT2D eigenvalue weighted by Gasteiger charge is -2.38. The average Bonchev–Trinajstić information content (AvgIpc) is 2.88. The van der Waals surface area contributed by atoms with Crippen LogP contribution < -0.4 is 5.73 Å². The predicted octanol–water partition coefficient (Wildman–Crippen LogP) is 0.608. The van der Waals surface area contributed by atoms with Crippen molar-refractivity contribution in [2.45, 2.75) is 32.0 Å². The molecule has 1 aromatic rings. The normalized spacial score (nSPS) is 27.8. The largest absolute Gasteiger partial charge is 0.369 e. The van der Waals surface area contributed by atoms with Gasteiger partial charge in [0, 0.05) is 31.3 Å². The van der Waals surface area contributed by atoms with E-state index in [2.05, 4.69) is 16.2 Å². The maximum absolute atomic E-state index is 12.1. The summed E-state index contributed by atoms with van der Waals surface area (Å²) in [5, 5.41) is 4.34. The highest BCUT2D eigenvalue weighted by Gasteiger charge is 2.41. The van der Waals surface area contributed by atoms with E-state index in [0.717, 1.165) is 17.7 Å². The first-order chi connectivity index (χ1) is 10.4. The standard InChI is InChI=1S/C15H21N5O2/c1-15(7-13(21)19(2)14(16)18-15)11-5-4-10-8-17-20(9-22-3)12(10)6-11/h4-5,8,11H,6-7,9H2,1-3H3,(H2,16,18)/t11?,15-/m0/s1. The lowest BCUT2D eigenvalue weighted by Crippen LogP contribution is -2.51. The number of amides is 1. The maximum atomic E-state index is 12.1. The van der Waals surface area contributed by atoms with Crippen molar-refractivity contribution >= 4 is 17.9 Å². The molecule has 2 N–H and O–H groups in total. The number of hydrogen-bond acceptors (Lipinski definition) is 5. The SMILES string of the molecule is COCn1ncc2c1CC([C@]1(C)CC(=O)N(C)C(N)=N1)C=C2. The molecular weight excluding hydrogens is 282 g/mol. The van der Waals surface area contributed by atoms with E-state index in [9.17, 15) is 4.79 Å². The van der Waals surface area contributed by atoms with E-state index >= 15 is 0 Å². The van der Waals surface area contributed by atoms with Crippen LogP contribution in [0, 0.1) is 5.92 Å². The molecule has 3 rings (SSSR count). The number of nitrogens with zero attached hydrogens (tertiary/aromatic N) is 4. The van der Waals surface area contributed by atoms with Gasteiger partial charge in [0.25, 0.3) is 0 Å². The summed E-state index contributed by atoms with van der Waals surface area (Å²) < 4.78 is 7.02. The summed E-state index contributed by atoms with van der Waals surface area (Å²) in [4.78, 5) is 18.1. The Bertz CT molecular complexity index is 663. The number of aliphatic imine (C=N–C) groups is 1. The second-order valence-electron chi connectivity index (χ2n) is 6.09. The highest BCUT2D eigenvalue weighted by atomic mass is 16.5. The minimum atomic E-state index is -0.524. The summed E-state index contributed by atoms with van der Waals surface area (Å²) in [7, 11) is 3.30. The van der Waals surface area contributed by atoms with E-state index in [1.54, 1.807) is 14.2 Å². The van der Waals surface area contributed by atoms with E-state index < -0.39 is 5.54 Å². The number of fused-ring (bicyclic) bond motifs is 1. The number of carbonyl (C=O) groups excluding carboxylic acids is 1. The highest BCUT2D eigenvalue weighted by Crippen LogP contribution is 2.36. The molecule has 0 aromatic carbocycles. The van der Waals surface area contributed by atoms with Gasteiger partial charge in [-0.15, -0.1) is 0 Å². The molecule has 118 valence electrons. The third-order valence-corrected chi connectivity index (χ3v) is 4.55. The molecule has 2 heterocycles. The van der Waals surface area contributed by atoms with Crippen LogP contribution >= 0.6 is 0 Å². The monoisotopic (exact) mass is 303 g/mol. The summed E-state index contributed by atoms with van der Waals surface area (Å²) in [5.74, 6) is 0.381. The second-order valence-corrected chi connectivity index (χ2v) is 6.09.